The van der Waals surface area contributed by atoms with Crippen LogP contribution in [0.3, 0.4) is 0 Å². The first-order chi connectivity index (χ1) is 12.6. The lowest BCUT2D eigenvalue weighted by atomic mass is 10.0. The van der Waals surface area contributed by atoms with Gasteiger partial charge in [-0.3, -0.25) is 9.69 Å². The number of rotatable bonds is 8. The number of hydrogen-bond acceptors (Lipinski definition) is 5. The van der Waals surface area contributed by atoms with E-state index in [1.807, 2.05) is 33.7 Å². The molecule has 1 aromatic carbocycles. The molecular formula is C19H27ClN3O4-. The van der Waals surface area contributed by atoms with Crippen molar-refractivity contribution in [3.05, 3.63) is 35.5 Å². The number of likely N-dealkylation sites (N-methyl/N-ethyl adjacent to an activating group) is 1. The van der Waals surface area contributed by atoms with Crippen molar-refractivity contribution in [1.82, 2.24) is 14.4 Å². The van der Waals surface area contributed by atoms with E-state index in [4.69, 9.17) is 10.2 Å². The maximum Gasteiger partial charge on any atom is 0.270 e. The Kier molecular flexibility index (Phi) is 7.64. The number of para-hydroxylation sites is 1. The Bertz CT molecular complexity index is 774. The van der Waals surface area contributed by atoms with Crippen LogP contribution in [0, 0.1) is 0 Å². The molecule has 7 nitrogen and oxygen atoms in total. The van der Waals surface area contributed by atoms with Gasteiger partial charge in [-0.05, 0) is 18.1 Å². The fourth-order valence-corrected chi connectivity index (χ4v) is 3.77. The Morgan fingerprint density at radius 3 is 2.52 bits per heavy atom. The molecular weight excluding hydrogens is 370 g/mol. The zero-order valence-electron chi connectivity index (χ0n) is 15.5. The number of aliphatic hydroxyl groups excluding tert-OH is 3. The summed E-state index contributed by atoms with van der Waals surface area (Å²) < 4.78 is 1.92. The molecule has 1 aliphatic heterocycles. The van der Waals surface area contributed by atoms with E-state index >= 15 is 0 Å². The molecule has 3 rings (SSSR count). The maximum absolute atomic E-state index is 12.8. The Labute approximate surface area is 165 Å². The van der Waals surface area contributed by atoms with Crippen LogP contribution in [0.4, 0.5) is 0 Å². The van der Waals surface area contributed by atoms with Crippen molar-refractivity contribution in [3.8, 4) is 0 Å². The van der Waals surface area contributed by atoms with Gasteiger partial charge in [-0.15, -0.1) is 0 Å². The Morgan fingerprint density at radius 1 is 1.19 bits per heavy atom. The third kappa shape index (κ3) is 4.44. The highest BCUT2D eigenvalue weighted by atomic mass is 35.5. The fourth-order valence-electron chi connectivity index (χ4n) is 3.77. The van der Waals surface area contributed by atoms with Gasteiger partial charge < -0.3 is 37.2 Å². The molecule has 150 valence electrons. The minimum Gasteiger partial charge on any atom is -1.00 e. The molecule has 0 saturated carbocycles. The molecule has 0 aliphatic carbocycles. The van der Waals surface area contributed by atoms with Gasteiger partial charge in [0.25, 0.3) is 5.91 Å². The van der Waals surface area contributed by atoms with Crippen molar-refractivity contribution in [2.45, 2.75) is 19.1 Å². The summed E-state index contributed by atoms with van der Waals surface area (Å²) in [4.78, 5) is 16.3. The molecule has 8 heteroatoms. The van der Waals surface area contributed by atoms with Gasteiger partial charge in [-0.1, -0.05) is 18.2 Å². The van der Waals surface area contributed by atoms with Crippen LogP contribution in [0.5, 0.6) is 0 Å². The first-order valence-corrected chi connectivity index (χ1v) is 9.04. The van der Waals surface area contributed by atoms with Crippen LogP contribution < -0.4 is 12.4 Å². The number of aliphatic hydroxyl groups is 3. The molecule has 1 atom stereocenters. The van der Waals surface area contributed by atoms with Crippen LogP contribution in [-0.4, -0.2) is 88.1 Å². The number of hydrogen-bond donors (Lipinski definition) is 3. The van der Waals surface area contributed by atoms with Gasteiger partial charge in [0.05, 0.1) is 25.9 Å². The van der Waals surface area contributed by atoms with Crippen molar-refractivity contribution in [2.24, 2.45) is 0 Å². The molecule has 1 unspecified atom stereocenters. The van der Waals surface area contributed by atoms with Gasteiger partial charge in [-0.2, -0.15) is 0 Å². The number of amides is 1. The monoisotopic (exact) mass is 396 g/mol. The van der Waals surface area contributed by atoms with Crippen molar-refractivity contribution in [2.75, 3.05) is 46.4 Å². The zero-order chi connectivity index (χ0) is 18.7. The SMILES string of the molecule is CN1CCc2c(n(CC(O)CN(CCO)CCO)c3ccccc23)C1=O.[Cl-]. The molecule has 1 aromatic heterocycles. The lowest BCUT2D eigenvalue weighted by Crippen LogP contribution is -3.00. The topological polar surface area (TPSA) is 89.2 Å². The number of carbonyl (C=O) groups is 1. The van der Waals surface area contributed by atoms with E-state index in [-0.39, 0.29) is 31.5 Å². The van der Waals surface area contributed by atoms with Crippen LogP contribution in [0.25, 0.3) is 10.9 Å². The Morgan fingerprint density at radius 2 is 1.85 bits per heavy atom. The minimum atomic E-state index is -0.715. The summed E-state index contributed by atoms with van der Waals surface area (Å²) in [6.45, 7) is 2.04. The van der Waals surface area contributed by atoms with Crippen LogP contribution >= 0.6 is 0 Å². The molecule has 1 amide bonds. The van der Waals surface area contributed by atoms with Gasteiger partial charge in [-0.25, -0.2) is 0 Å². The van der Waals surface area contributed by atoms with Crippen LogP contribution in [-0.2, 0) is 13.0 Å². The van der Waals surface area contributed by atoms with E-state index < -0.39 is 6.10 Å². The third-order valence-corrected chi connectivity index (χ3v) is 5.02. The fraction of sp³-hybridized carbons (Fsp3) is 0.526. The molecule has 2 heterocycles. The lowest BCUT2D eigenvalue weighted by molar-refractivity contribution is -0.0000228. The van der Waals surface area contributed by atoms with Crippen molar-refractivity contribution in [1.29, 1.82) is 0 Å². The van der Waals surface area contributed by atoms with E-state index in [1.54, 1.807) is 11.9 Å². The van der Waals surface area contributed by atoms with Gasteiger partial charge in [0.2, 0.25) is 0 Å². The van der Waals surface area contributed by atoms with E-state index in [1.165, 1.54) is 0 Å². The third-order valence-electron chi connectivity index (χ3n) is 5.02. The molecule has 0 bridgehead atoms. The second kappa shape index (κ2) is 9.52. The van der Waals surface area contributed by atoms with E-state index in [2.05, 4.69) is 0 Å². The summed E-state index contributed by atoms with van der Waals surface area (Å²) in [6, 6.07) is 7.91. The van der Waals surface area contributed by atoms with E-state index in [0.717, 1.165) is 22.9 Å². The second-order valence-corrected chi connectivity index (χ2v) is 6.83. The smallest absolute Gasteiger partial charge is 0.270 e. The number of aromatic nitrogens is 1. The predicted octanol–water partition coefficient (Wildman–Crippen LogP) is -3.08. The Hall–Kier alpha value is -1.64. The highest BCUT2D eigenvalue weighted by Gasteiger charge is 2.29. The van der Waals surface area contributed by atoms with Gasteiger partial charge in [0, 0.05) is 44.1 Å². The van der Waals surface area contributed by atoms with Crippen molar-refractivity contribution >= 4 is 16.8 Å². The van der Waals surface area contributed by atoms with Crippen LogP contribution in [0.2, 0.25) is 0 Å². The van der Waals surface area contributed by atoms with Gasteiger partial charge in [0.15, 0.2) is 0 Å². The molecule has 0 spiro atoms. The lowest BCUT2D eigenvalue weighted by Gasteiger charge is -2.27. The first kappa shape index (κ1) is 21.7. The highest BCUT2D eigenvalue weighted by molar-refractivity contribution is 6.02. The molecule has 3 N–H and O–H groups in total. The summed E-state index contributed by atoms with van der Waals surface area (Å²) in [5.74, 6) is -0.0165. The maximum atomic E-state index is 12.8. The molecule has 0 saturated heterocycles. The van der Waals surface area contributed by atoms with Gasteiger partial charge >= 0.3 is 0 Å². The number of carbonyl (C=O) groups excluding carboxylic acids is 1. The molecule has 27 heavy (non-hydrogen) atoms. The minimum absolute atomic E-state index is 0. The highest BCUT2D eigenvalue weighted by Crippen LogP contribution is 2.30. The average Bonchev–Trinajstić information content (AvgIpc) is 2.93. The van der Waals surface area contributed by atoms with E-state index in [9.17, 15) is 9.90 Å². The van der Waals surface area contributed by atoms with Gasteiger partial charge in [0.1, 0.15) is 5.69 Å². The first-order valence-electron chi connectivity index (χ1n) is 9.04. The van der Waals surface area contributed by atoms with Crippen LogP contribution in [0.1, 0.15) is 16.1 Å². The number of benzene rings is 1. The standard InChI is InChI=1S/C19H27N3O4.ClH/c1-20-7-6-16-15-4-2-3-5-17(15)22(18(16)19(20)26)13-14(25)12-21(8-10-23)9-11-24;/h2-5,14,23-25H,6-13H2,1H3;1H/p-1. The quantitative estimate of drug-likeness (QED) is 0.440. The summed E-state index contributed by atoms with van der Waals surface area (Å²) in [7, 11) is 1.80. The summed E-state index contributed by atoms with van der Waals surface area (Å²) in [5.41, 5.74) is 2.67. The molecule has 0 radical (unpaired) electrons. The van der Waals surface area contributed by atoms with Crippen molar-refractivity contribution < 1.29 is 32.5 Å². The number of halogens is 1. The Balaban J connectivity index is 0.00000261. The second-order valence-electron chi connectivity index (χ2n) is 6.83. The largest absolute Gasteiger partial charge is 1.00 e. The number of nitrogens with zero attached hydrogens (tertiary/aromatic N) is 3. The molecule has 2 aromatic rings. The summed E-state index contributed by atoms with van der Waals surface area (Å²) in [5, 5.41) is 29.9. The predicted molar refractivity (Wildman–Crippen MR) is 99.2 cm³/mol. The normalized spacial score (nSPS) is 15.1. The summed E-state index contributed by atoms with van der Waals surface area (Å²) >= 11 is 0. The van der Waals surface area contributed by atoms with E-state index in [0.29, 0.717) is 38.4 Å². The zero-order valence-corrected chi connectivity index (χ0v) is 16.3. The average molecular weight is 397 g/mol. The molecule has 1 aliphatic rings. The molecule has 0 fully saturated rings. The summed E-state index contributed by atoms with van der Waals surface area (Å²) in [6.07, 6.45) is 0.0931. The van der Waals surface area contributed by atoms with Crippen LogP contribution in [0.15, 0.2) is 24.3 Å². The van der Waals surface area contributed by atoms with Crippen molar-refractivity contribution in [3.63, 3.8) is 0 Å². The number of fused-ring (bicyclic) bond motifs is 3.